The highest BCUT2D eigenvalue weighted by molar-refractivity contribution is 6.30. The SMILES string of the molecule is CC.Cc1cccc2ccccc12.c1ccc(-c2ccccc2-c2ccc3ccc4c(-c5ccccc5)cc(-c5ccc6ccccc6c5)c5ccc2c3c45)cc1. The molecular formula is C57H44. The molecule has 11 rings (SSSR count). The van der Waals surface area contributed by atoms with Crippen LogP contribution in [-0.4, -0.2) is 0 Å². The fourth-order valence-electron chi connectivity index (χ4n) is 8.56. The molecule has 0 aliphatic heterocycles. The zero-order chi connectivity index (χ0) is 38.7. The van der Waals surface area contributed by atoms with Gasteiger partial charge in [0, 0.05) is 0 Å². The van der Waals surface area contributed by atoms with E-state index in [2.05, 4.69) is 219 Å². The number of fused-ring (bicyclic) bond motifs is 2. The molecule has 57 heavy (non-hydrogen) atoms. The van der Waals surface area contributed by atoms with Crippen molar-refractivity contribution in [3.8, 4) is 44.5 Å². The Bertz CT molecular complexity index is 3130. The highest BCUT2D eigenvalue weighted by Gasteiger charge is 2.19. The van der Waals surface area contributed by atoms with Gasteiger partial charge in [-0.15, -0.1) is 0 Å². The summed E-state index contributed by atoms with van der Waals surface area (Å²) in [5, 5.41) is 13.0. The molecule has 0 bridgehead atoms. The van der Waals surface area contributed by atoms with Crippen molar-refractivity contribution in [2.24, 2.45) is 0 Å². The van der Waals surface area contributed by atoms with Gasteiger partial charge in [-0.05, 0) is 123 Å². The van der Waals surface area contributed by atoms with E-state index in [0.717, 1.165) is 0 Å². The lowest BCUT2D eigenvalue weighted by atomic mass is 9.83. The third kappa shape index (κ3) is 6.60. The standard InChI is InChI=1S/C44H28.C11H10.C2H6/c1-3-12-30(13-4-1)35-17-9-10-18-36(35)37-23-21-32-22-24-39-41(31-14-5-2-6-15-31)28-42(40-26-25-38(37)43(32)44(39)40)34-20-19-29-11-7-8-16-33(29)27-34;1-9-5-4-7-10-6-2-3-8-11(9)10;1-2/h1-28H;2-8H,1H3;1-2H3. The maximum absolute atomic E-state index is 2.41. The van der Waals surface area contributed by atoms with E-state index in [1.807, 2.05) is 13.8 Å². The summed E-state index contributed by atoms with van der Waals surface area (Å²) in [6.45, 7) is 6.14. The Balaban J connectivity index is 0.000000278. The van der Waals surface area contributed by atoms with Crippen LogP contribution < -0.4 is 0 Å². The first kappa shape index (κ1) is 35.7. The molecule has 0 unspecified atom stereocenters. The molecule has 272 valence electrons. The Labute approximate surface area is 335 Å². The second kappa shape index (κ2) is 15.6. The molecule has 0 fully saturated rings. The summed E-state index contributed by atoms with van der Waals surface area (Å²) in [6.07, 6.45) is 0. The number of rotatable bonds is 4. The number of hydrogen-bond acceptors (Lipinski definition) is 0. The fourth-order valence-corrected chi connectivity index (χ4v) is 8.56. The summed E-state index contributed by atoms with van der Waals surface area (Å²) in [5.74, 6) is 0. The Hall–Kier alpha value is -7.02. The molecule has 11 aromatic rings. The lowest BCUT2D eigenvalue weighted by Gasteiger charge is -2.20. The first-order valence-electron chi connectivity index (χ1n) is 20.1. The fraction of sp³-hybridized carbons (Fsp3) is 0.0526. The van der Waals surface area contributed by atoms with Gasteiger partial charge in [0.05, 0.1) is 0 Å². The Kier molecular flexibility index (Phi) is 9.77. The quantitative estimate of drug-likeness (QED) is 0.158. The van der Waals surface area contributed by atoms with Crippen molar-refractivity contribution in [2.75, 3.05) is 0 Å². The molecule has 0 aliphatic rings. The smallest absolute Gasteiger partial charge is 0.00141 e. The second-order valence-electron chi connectivity index (χ2n) is 14.5. The van der Waals surface area contributed by atoms with Crippen molar-refractivity contribution in [3.63, 3.8) is 0 Å². The summed E-state index contributed by atoms with van der Waals surface area (Å²) >= 11 is 0. The molecular weight excluding hydrogens is 685 g/mol. The summed E-state index contributed by atoms with van der Waals surface area (Å²) < 4.78 is 0. The molecule has 0 heteroatoms. The Morgan fingerprint density at radius 1 is 0.246 bits per heavy atom. The molecule has 0 atom stereocenters. The maximum Gasteiger partial charge on any atom is -0.00141 e. The first-order valence-corrected chi connectivity index (χ1v) is 20.1. The van der Waals surface area contributed by atoms with E-state index in [-0.39, 0.29) is 0 Å². The predicted octanol–water partition coefficient (Wildman–Crippen LogP) is 16.6. The number of aryl methyl sites for hydroxylation is 1. The van der Waals surface area contributed by atoms with E-state index in [1.54, 1.807) is 0 Å². The van der Waals surface area contributed by atoms with E-state index in [1.165, 1.54) is 104 Å². The maximum atomic E-state index is 2.41. The average molecular weight is 729 g/mol. The summed E-state index contributed by atoms with van der Waals surface area (Å²) in [4.78, 5) is 0. The largest absolute Gasteiger partial charge is 0.0683 e. The van der Waals surface area contributed by atoms with Crippen molar-refractivity contribution in [3.05, 3.63) is 218 Å². The van der Waals surface area contributed by atoms with Gasteiger partial charge in [0.2, 0.25) is 0 Å². The van der Waals surface area contributed by atoms with Gasteiger partial charge in [-0.2, -0.15) is 0 Å². The highest BCUT2D eigenvalue weighted by atomic mass is 14.2. The molecule has 0 saturated carbocycles. The van der Waals surface area contributed by atoms with Crippen molar-refractivity contribution in [2.45, 2.75) is 20.8 Å². The van der Waals surface area contributed by atoms with Gasteiger partial charge in [-0.25, -0.2) is 0 Å². The minimum Gasteiger partial charge on any atom is -0.0683 e. The monoisotopic (exact) mass is 728 g/mol. The Morgan fingerprint density at radius 3 is 1.47 bits per heavy atom. The molecule has 11 aromatic carbocycles. The molecule has 0 heterocycles. The molecule has 0 amide bonds. The van der Waals surface area contributed by atoms with Crippen molar-refractivity contribution < 1.29 is 0 Å². The number of benzene rings is 11. The minimum absolute atomic E-state index is 1.23. The van der Waals surface area contributed by atoms with Gasteiger partial charge in [0.15, 0.2) is 0 Å². The van der Waals surface area contributed by atoms with Crippen LogP contribution in [0.4, 0.5) is 0 Å². The summed E-state index contributed by atoms with van der Waals surface area (Å²) in [7, 11) is 0. The third-order valence-corrected chi connectivity index (χ3v) is 11.2. The van der Waals surface area contributed by atoms with Crippen molar-refractivity contribution in [1.29, 1.82) is 0 Å². The summed E-state index contributed by atoms with van der Waals surface area (Å²) in [5.41, 5.74) is 11.4. The normalized spacial score (nSPS) is 11.1. The van der Waals surface area contributed by atoms with Crippen molar-refractivity contribution in [1.82, 2.24) is 0 Å². The van der Waals surface area contributed by atoms with E-state index in [4.69, 9.17) is 0 Å². The van der Waals surface area contributed by atoms with Crippen LogP contribution in [0.25, 0.3) is 98.4 Å². The topological polar surface area (TPSA) is 0 Å². The third-order valence-electron chi connectivity index (χ3n) is 11.2. The van der Waals surface area contributed by atoms with Crippen LogP contribution >= 0.6 is 0 Å². The number of hydrogen-bond donors (Lipinski definition) is 0. The molecule has 0 aromatic heterocycles. The van der Waals surface area contributed by atoms with Crippen LogP contribution in [0.2, 0.25) is 0 Å². The van der Waals surface area contributed by atoms with Gasteiger partial charge >= 0.3 is 0 Å². The zero-order valence-corrected chi connectivity index (χ0v) is 32.7. The molecule has 0 spiro atoms. The van der Waals surface area contributed by atoms with E-state index >= 15 is 0 Å². The van der Waals surface area contributed by atoms with Crippen LogP contribution in [0.5, 0.6) is 0 Å². The van der Waals surface area contributed by atoms with Crippen LogP contribution in [0, 0.1) is 6.92 Å². The minimum atomic E-state index is 1.23. The predicted molar refractivity (Wildman–Crippen MR) is 249 cm³/mol. The Morgan fingerprint density at radius 2 is 0.754 bits per heavy atom. The van der Waals surface area contributed by atoms with Crippen LogP contribution in [0.1, 0.15) is 19.4 Å². The van der Waals surface area contributed by atoms with Gasteiger partial charge in [-0.3, -0.25) is 0 Å². The molecule has 0 aliphatic carbocycles. The van der Waals surface area contributed by atoms with Crippen molar-refractivity contribution >= 4 is 53.9 Å². The van der Waals surface area contributed by atoms with Crippen LogP contribution in [0.15, 0.2) is 212 Å². The van der Waals surface area contributed by atoms with Crippen LogP contribution in [-0.2, 0) is 0 Å². The van der Waals surface area contributed by atoms with E-state index in [9.17, 15) is 0 Å². The van der Waals surface area contributed by atoms with Gasteiger partial charge in [0.25, 0.3) is 0 Å². The lowest BCUT2D eigenvalue weighted by molar-refractivity contribution is 1.50. The van der Waals surface area contributed by atoms with Gasteiger partial charge in [-0.1, -0.05) is 214 Å². The second-order valence-corrected chi connectivity index (χ2v) is 14.5. The molecule has 0 saturated heterocycles. The molecule has 0 N–H and O–H groups in total. The summed E-state index contributed by atoms with van der Waals surface area (Å²) in [6, 6.07) is 77.1. The zero-order valence-electron chi connectivity index (χ0n) is 32.7. The van der Waals surface area contributed by atoms with Crippen LogP contribution in [0.3, 0.4) is 0 Å². The lowest BCUT2D eigenvalue weighted by Crippen LogP contribution is -1.93. The van der Waals surface area contributed by atoms with Gasteiger partial charge in [0.1, 0.15) is 0 Å². The van der Waals surface area contributed by atoms with E-state index in [0.29, 0.717) is 0 Å². The molecule has 0 nitrogen and oxygen atoms in total. The molecule has 0 radical (unpaired) electrons. The first-order chi connectivity index (χ1) is 28.2. The van der Waals surface area contributed by atoms with E-state index < -0.39 is 0 Å². The van der Waals surface area contributed by atoms with Gasteiger partial charge < -0.3 is 0 Å². The average Bonchev–Trinajstić information content (AvgIpc) is 3.29. The highest BCUT2D eigenvalue weighted by Crippen LogP contribution is 2.47.